The number of rotatable bonds is 3. The average Bonchev–Trinajstić information content (AvgIpc) is 1.65. The van der Waals surface area contributed by atoms with Crippen LogP contribution in [0.5, 0.6) is 0 Å². The van der Waals surface area contributed by atoms with E-state index in [-0.39, 0.29) is 11.2 Å². The van der Waals surface area contributed by atoms with Crippen LogP contribution in [-0.2, 0) is 8.62 Å². The van der Waals surface area contributed by atoms with Gasteiger partial charge >= 0.3 is 0 Å². The van der Waals surface area contributed by atoms with Crippen LogP contribution in [0.4, 0.5) is 0 Å². The smallest absolute Gasteiger partial charge is 0.137 e. The second kappa shape index (κ2) is 3.32. The minimum Gasteiger partial charge on any atom is -0.307 e. The van der Waals surface area contributed by atoms with E-state index in [4.69, 9.17) is 0 Å². The summed E-state index contributed by atoms with van der Waals surface area (Å²) in [5, 5.41) is 0. The quantitative estimate of drug-likeness (QED) is 0.687. The van der Waals surface area contributed by atoms with Gasteiger partial charge in [-0.1, -0.05) is 13.8 Å². The maximum absolute atomic E-state index is 10.8. The second-order valence-electron chi connectivity index (χ2n) is 2.69. The van der Waals surface area contributed by atoms with Crippen LogP contribution in [0.25, 0.3) is 0 Å². The van der Waals surface area contributed by atoms with Gasteiger partial charge in [0.15, 0.2) is 0 Å². The molecule has 0 aliphatic heterocycles. The van der Waals surface area contributed by atoms with Crippen molar-refractivity contribution in [3.05, 3.63) is 0 Å². The topological polar surface area (TPSA) is 26.3 Å². The minimum absolute atomic E-state index is 0.141. The van der Waals surface area contributed by atoms with Crippen molar-refractivity contribution in [1.29, 1.82) is 0 Å². The summed E-state index contributed by atoms with van der Waals surface area (Å²) in [5.41, 5.74) is -0.358. The lowest BCUT2D eigenvalue weighted by Crippen LogP contribution is -2.25. The summed E-state index contributed by atoms with van der Waals surface area (Å²) in [4.78, 5) is 10.8. The molecule has 0 amide bonds. The van der Waals surface area contributed by atoms with Crippen molar-refractivity contribution >= 4 is 22.0 Å². The van der Waals surface area contributed by atoms with Gasteiger partial charge < -0.3 is 3.83 Å². The Morgan fingerprint density at radius 2 is 2.11 bits per heavy atom. The molecule has 0 aromatic rings. The minimum atomic E-state index is -0.358. The summed E-state index contributed by atoms with van der Waals surface area (Å²) < 4.78 is 4.66. The van der Waals surface area contributed by atoms with Gasteiger partial charge in [-0.25, -0.2) is 0 Å². The summed E-state index contributed by atoms with van der Waals surface area (Å²) >= 11 is 2.80. The van der Waals surface area contributed by atoms with Crippen LogP contribution >= 0.6 is 16.3 Å². The Morgan fingerprint density at radius 1 is 1.67 bits per heavy atom. The lowest BCUT2D eigenvalue weighted by molar-refractivity contribution is -0.125. The molecule has 0 rings (SSSR count). The number of ketones is 1. The first-order valence-electron chi connectivity index (χ1n) is 2.75. The van der Waals surface area contributed by atoms with Gasteiger partial charge in [0.2, 0.25) is 0 Å². The highest BCUT2D eigenvalue weighted by Gasteiger charge is 2.23. The number of hydrogen-bond acceptors (Lipinski definition) is 2. The number of halogens is 1. The lowest BCUT2D eigenvalue weighted by atomic mass is 9.90. The van der Waals surface area contributed by atoms with Crippen LogP contribution in [0.3, 0.4) is 0 Å². The van der Waals surface area contributed by atoms with Crippen molar-refractivity contribution in [3.8, 4) is 0 Å². The summed E-state index contributed by atoms with van der Waals surface area (Å²) in [6, 6.07) is 0. The van der Waals surface area contributed by atoms with Gasteiger partial charge in [-0.05, 0) is 6.92 Å². The van der Waals surface area contributed by atoms with E-state index in [2.05, 4.69) is 20.1 Å². The molecule has 0 N–H and O–H groups in total. The molecule has 0 radical (unpaired) electrons. The normalized spacial score (nSPS) is 11.6. The highest BCUT2D eigenvalue weighted by atomic mass is 79.9. The SMILES string of the molecule is CC(=O)C(C)(C)COBr. The van der Waals surface area contributed by atoms with Crippen LogP contribution < -0.4 is 0 Å². The Labute approximate surface area is 64.0 Å². The molecule has 3 heteroatoms. The Balaban J connectivity index is 3.85. The van der Waals surface area contributed by atoms with Gasteiger partial charge in [-0.15, -0.1) is 0 Å². The van der Waals surface area contributed by atoms with E-state index in [1.54, 1.807) is 6.92 Å². The molecule has 2 nitrogen and oxygen atoms in total. The molecule has 9 heavy (non-hydrogen) atoms. The fourth-order valence-corrected chi connectivity index (χ4v) is 0.810. The van der Waals surface area contributed by atoms with Crippen LogP contribution in [0.2, 0.25) is 0 Å². The van der Waals surface area contributed by atoms with Gasteiger partial charge in [0.05, 0.1) is 22.9 Å². The number of hydrogen-bond donors (Lipinski definition) is 0. The molecule has 54 valence electrons. The molecule has 0 aliphatic carbocycles. The molecule has 0 bridgehead atoms. The molecule has 0 saturated carbocycles. The van der Waals surface area contributed by atoms with Gasteiger partial charge in [0.25, 0.3) is 0 Å². The molecule has 0 aromatic carbocycles. The molecular weight excluding hydrogens is 184 g/mol. The van der Waals surface area contributed by atoms with Crippen molar-refractivity contribution in [2.45, 2.75) is 20.8 Å². The first-order chi connectivity index (χ1) is 4.00. The fraction of sp³-hybridized carbons (Fsp3) is 0.833. The van der Waals surface area contributed by atoms with Crippen LogP contribution in [-0.4, -0.2) is 12.4 Å². The van der Waals surface area contributed by atoms with Crippen molar-refractivity contribution in [1.82, 2.24) is 0 Å². The highest BCUT2D eigenvalue weighted by Crippen LogP contribution is 2.17. The number of carbonyl (C=O) groups is 1. The van der Waals surface area contributed by atoms with E-state index in [9.17, 15) is 4.79 Å². The molecule has 0 aromatic heterocycles. The predicted octanol–water partition coefficient (Wildman–Crippen LogP) is 1.93. The zero-order valence-electron chi connectivity index (χ0n) is 5.90. The Hall–Kier alpha value is 0.110. The predicted molar refractivity (Wildman–Crippen MR) is 39.3 cm³/mol. The Morgan fingerprint density at radius 3 is 2.22 bits per heavy atom. The van der Waals surface area contributed by atoms with E-state index < -0.39 is 0 Å². The third-order valence-corrected chi connectivity index (χ3v) is 1.60. The van der Waals surface area contributed by atoms with E-state index in [1.807, 2.05) is 13.8 Å². The third-order valence-electron chi connectivity index (χ3n) is 1.37. The molecule has 0 fully saturated rings. The summed E-state index contributed by atoms with van der Waals surface area (Å²) in [5.74, 6) is 0.141. The van der Waals surface area contributed by atoms with Crippen molar-refractivity contribution in [3.63, 3.8) is 0 Å². The molecule has 0 saturated heterocycles. The lowest BCUT2D eigenvalue weighted by Gasteiger charge is -2.17. The first-order valence-corrected chi connectivity index (χ1v) is 3.40. The van der Waals surface area contributed by atoms with E-state index in [1.165, 1.54) is 0 Å². The fourth-order valence-electron chi connectivity index (χ4n) is 0.238. The molecular formula is C6H11BrO2. The van der Waals surface area contributed by atoms with E-state index in [0.717, 1.165) is 0 Å². The first kappa shape index (κ1) is 9.11. The summed E-state index contributed by atoms with van der Waals surface area (Å²) in [6.45, 7) is 5.67. The van der Waals surface area contributed by atoms with Crippen LogP contribution in [0, 0.1) is 5.41 Å². The van der Waals surface area contributed by atoms with Crippen LogP contribution in [0.15, 0.2) is 0 Å². The molecule has 0 aliphatic rings. The standard InChI is InChI=1S/C6H11BrO2/c1-5(8)6(2,3)4-9-7/h4H2,1-3H3. The maximum Gasteiger partial charge on any atom is 0.137 e. The monoisotopic (exact) mass is 194 g/mol. The second-order valence-corrected chi connectivity index (χ2v) is 3.15. The van der Waals surface area contributed by atoms with Crippen molar-refractivity contribution in [2.24, 2.45) is 5.41 Å². The molecule has 0 heterocycles. The molecule has 0 atom stereocenters. The largest absolute Gasteiger partial charge is 0.307 e. The highest BCUT2D eigenvalue weighted by molar-refractivity contribution is 9.06. The van der Waals surface area contributed by atoms with Gasteiger partial charge in [0, 0.05) is 5.41 Å². The van der Waals surface area contributed by atoms with E-state index in [0.29, 0.717) is 6.61 Å². The molecule has 0 spiro atoms. The third kappa shape index (κ3) is 2.96. The molecule has 0 unspecified atom stereocenters. The van der Waals surface area contributed by atoms with Gasteiger partial charge in [-0.2, -0.15) is 0 Å². The van der Waals surface area contributed by atoms with E-state index >= 15 is 0 Å². The summed E-state index contributed by atoms with van der Waals surface area (Å²) in [7, 11) is 0. The average molecular weight is 195 g/mol. The summed E-state index contributed by atoms with van der Waals surface area (Å²) in [6.07, 6.45) is 0. The van der Waals surface area contributed by atoms with Crippen LogP contribution in [0.1, 0.15) is 20.8 Å². The van der Waals surface area contributed by atoms with Crippen molar-refractivity contribution < 1.29 is 8.62 Å². The zero-order chi connectivity index (χ0) is 7.49. The van der Waals surface area contributed by atoms with Crippen molar-refractivity contribution in [2.75, 3.05) is 6.61 Å². The maximum atomic E-state index is 10.8. The van der Waals surface area contributed by atoms with Gasteiger partial charge in [-0.3, -0.25) is 4.79 Å². The number of carbonyl (C=O) groups excluding carboxylic acids is 1. The Bertz CT molecular complexity index is 110. The number of Topliss-reactive ketones (excluding diaryl/α,β-unsaturated/α-hetero) is 1. The zero-order valence-corrected chi connectivity index (χ0v) is 7.49. The van der Waals surface area contributed by atoms with Gasteiger partial charge in [0.1, 0.15) is 5.78 Å². The Kier molecular flexibility index (Phi) is 3.36.